The molecule has 0 unspecified atom stereocenters. The molecule has 0 spiro atoms. The van der Waals surface area contributed by atoms with Gasteiger partial charge in [-0.1, -0.05) is 0 Å². The molecular weight excluding hydrogens is 345 g/mol. The Bertz CT molecular complexity index is 725. The molecule has 0 aliphatic rings. The number of halogens is 3. The van der Waals surface area contributed by atoms with Crippen molar-refractivity contribution in [3.8, 4) is 0 Å². The van der Waals surface area contributed by atoms with Gasteiger partial charge < -0.3 is 16.6 Å². The first-order valence-electron chi connectivity index (χ1n) is 7.99. The number of nitrogens with zero attached hydrogens (tertiary/aromatic N) is 2. The van der Waals surface area contributed by atoms with Crippen molar-refractivity contribution in [2.45, 2.75) is 32.8 Å². The molecule has 0 amide bonds. The first kappa shape index (κ1) is 21.4. The maximum atomic E-state index is 13.4. The van der Waals surface area contributed by atoms with Crippen molar-refractivity contribution in [3.05, 3.63) is 53.1 Å². The molecule has 1 atom stereocenters. The largest absolute Gasteiger partial charge is 0.404 e. The predicted molar refractivity (Wildman–Crippen MR) is 98.3 cm³/mol. The Morgan fingerprint density at radius 2 is 2.04 bits per heavy atom. The zero-order valence-electron chi connectivity index (χ0n) is 14.7. The summed E-state index contributed by atoms with van der Waals surface area (Å²) >= 11 is 0. The minimum Gasteiger partial charge on any atom is -0.404 e. The van der Waals surface area contributed by atoms with Crippen molar-refractivity contribution >= 4 is 17.6 Å². The average molecular weight is 368 g/mol. The lowest BCUT2D eigenvalue weighted by Crippen LogP contribution is -2.11. The van der Waals surface area contributed by atoms with Gasteiger partial charge in [0, 0.05) is 30.5 Å². The highest BCUT2D eigenvalue weighted by atomic mass is 19.3. The van der Waals surface area contributed by atoms with Gasteiger partial charge in [-0.2, -0.15) is 0 Å². The van der Waals surface area contributed by atoms with E-state index in [1.54, 1.807) is 0 Å². The van der Waals surface area contributed by atoms with Crippen LogP contribution in [-0.2, 0) is 0 Å². The van der Waals surface area contributed by atoms with E-state index in [4.69, 9.17) is 11.5 Å². The lowest BCUT2D eigenvalue weighted by atomic mass is 10.1. The van der Waals surface area contributed by atoms with Crippen molar-refractivity contribution in [3.63, 3.8) is 0 Å². The first-order valence-corrected chi connectivity index (χ1v) is 7.99. The minimum atomic E-state index is -2.85. The van der Waals surface area contributed by atoms with Gasteiger partial charge in [0.05, 0.1) is 17.5 Å². The van der Waals surface area contributed by atoms with Crippen molar-refractivity contribution in [2.24, 2.45) is 21.5 Å². The second-order valence-electron chi connectivity index (χ2n) is 5.47. The lowest BCUT2D eigenvalue weighted by Gasteiger charge is -2.11. The second kappa shape index (κ2) is 10.4. The van der Waals surface area contributed by atoms with Crippen LogP contribution in [0.25, 0.3) is 0 Å². The van der Waals surface area contributed by atoms with Crippen molar-refractivity contribution in [1.82, 2.24) is 0 Å². The summed E-state index contributed by atoms with van der Waals surface area (Å²) in [5.41, 5.74) is 11.4. The molecule has 8 heteroatoms. The molecule has 1 rings (SSSR count). The molecule has 0 radical (unpaired) electrons. The number of aliphatic imine (C=N–C) groups is 2. The van der Waals surface area contributed by atoms with Gasteiger partial charge in [0.25, 0.3) is 6.43 Å². The number of hydrogen-bond donors (Lipinski definition) is 3. The molecule has 142 valence electrons. The van der Waals surface area contributed by atoms with Crippen molar-refractivity contribution < 1.29 is 18.3 Å². The Morgan fingerprint density at radius 3 is 2.58 bits per heavy atom. The Kier molecular flexibility index (Phi) is 8.57. The molecule has 0 aromatic heterocycles. The molecular formula is C18H23F3N4O. The highest BCUT2D eigenvalue weighted by Crippen LogP contribution is 2.27. The maximum Gasteiger partial charge on any atom is 0.277 e. The van der Waals surface area contributed by atoms with Crippen LogP contribution in [0.5, 0.6) is 0 Å². The molecule has 0 fully saturated rings. The predicted octanol–water partition coefficient (Wildman–Crippen LogP) is 3.38. The smallest absolute Gasteiger partial charge is 0.277 e. The Balaban J connectivity index is 3.39. The summed E-state index contributed by atoms with van der Waals surface area (Å²) in [6, 6.07) is 3.66. The minimum absolute atomic E-state index is 0.0873. The summed E-state index contributed by atoms with van der Waals surface area (Å²) in [6.07, 6.45) is 0.101. The number of allylic oxidation sites excluding steroid dienone is 3. The summed E-state index contributed by atoms with van der Waals surface area (Å²) in [6.45, 7) is 3.82. The fourth-order valence-electron chi connectivity index (χ4n) is 2.06. The number of rotatable bonds is 8. The van der Waals surface area contributed by atoms with Crippen molar-refractivity contribution in [2.75, 3.05) is 6.54 Å². The van der Waals surface area contributed by atoms with E-state index in [1.807, 2.05) is 6.92 Å². The van der Waals surface area contributed by atoms with Crippen LogP contribution in [0.15, 0.2) is 51.7 Å². The summed E-state index contributed by atoms with van der Waals surface area (Å²) in [7, 11) is 0. The topological polar surface area (TPSA) is 97.0 Å². The van der Waals surface area contributed by atoms with Gasteiger partial charge in [-0.3, -0.25) is 9.98 Å². The molecule has 1 aromatic carbocycles. The van der Waals surface area contributed by atoms with E-state index in [-0.39, 0.29) is 23.4 Å². The maximum absolute atomic E-state index is 13.4. The van der Waals surface area contributed by atoms with Crippen LogP contribution in [-0.4, -0.2) is 30.0 Å². The van der Waals surface area contributed by atoms with Gasteiger partial charge in [-0.25, -0.2) is 13.2 Å². The summed E-state index contributed by atoms with van der Waals surface area (Å²) in [5, 5.41) is 9.81. The van der Waals surface area contributed by atoms with Gasteiger partial charge in [0.1, 0.15) is 5.82 Å². The highest BCUT2D eigenvalue weighted by molar-refractivity contribution is 6.02. The standard InChI is InChI=1S/C18H23F3N4O/c1-3-24-10-12(9-22)6-14(8-16(23)18(20)21)25-17-5-4-13(19)7-15(17)11(2)26/h4-5,7-11,18,26H,3,6,22-23H2,1-2H3/t11-/m1/s1. The summed E-state index contributed by atoms with van der Waals surface area (Å²) < 4.78 is 39.0. The quantitative estimate of drug-likeness (QED) is 0.614. The van der Waals surface area contributed by atoms with E-state index in [9.17, 15) is 18.3 Å². The molecule has 0 saturated carbocycles. The van der Waals surface area contributed by atoms with Crippen LogP contribution in [0.1, 0.15) is 31.9 Å². The monoisotopic (exact) mass is 368 g/mol. The number of benzene rings is 1. The molecule has 0 aliphatic heterocycles. The van der Waals surface area contributed by atoms with Crippen LogP contribution >= 0.6 is 0 Å². The molecule has 26 heavy (non-hydrogen) atoms. The molecule has 0 aliphatic carbocycles. The van der Waals surface area contributed by atoms with E-state index >= 15 is 0 Å². The third-order valence-corrected chi connectivity index (χ3v) is 3.33. The average Bonchev–Trinajstić information content (AvgIpc) is 2.59. The number of aliphatic hydroxyl groups is 1. The van der Waals surface area contributed by atoms with Crippen LogP contribution in [0.4, 0.5) is 18.9 Å². The molecule has 5 N–H and O–H groups in total. The van der Waals surface area contributed by atoms with E-state index in [0.717, 1.165) is 12.1 Å². The number of alkyl halides is 2. The third-order valence-electron chi connectivity index (χ3n) is 3.33. The number of nitrogens with two attached hydrogens (primary N) is 2. The molecule has 0 saturated heterocycles. The zero-order chi connectivity index (χ0) is 19.7. The lowest BCUT2D eigenvalue weighted by molar-refractivity contribution is 0.188. The third kappa shape index (κ3) is 6.72. The number of hydrogen-bond acceptors (Lipinski definition) is 5. The van der Waals surface area contributed by atoms with Gasteiger partial charge in [-0.05, 0) is 49.9 Å². The van der Waals surface area contributed by atoms with Gasteiger partial charge in [-0.15, -0.1) is 0 Å². The van der Waals surface area contributed by atoms with E-state index in [0.29, 0.717) is 12.1 Å². The van der Waals surface area contributed by atoms with Gasteiger partial charge >= 0.3 is 0 Å². The first-order chi connectivity index (χ1) is 12.3. The van der Waals surface area contributed by atoms with Crippen LogP contribution in [0.3, 0.4) is 0 Å². The fourth-order valence-corrected chi connectivity index (χ4v) is 2.06. The molecule has 5 nitrogen and oxygen atoms in total. The molecule has 0 bridgehead atoms. The normalized spacial score (nSPS) is 15.1. The summed E-state index contributed by atoms with van der Waals surface area (Å²) in [4.78, 5) is 8.34. The van der Waals surface area contributed by atoms with E-state index in [1.165, 1.54) is 31.5 Å². The highest BCUT2D eigenvalue weighted by Gasteiger charge is 2.12. The SMILES string of the molecule is CCN=CC(=CN)CC(C=C(N)C(F)F)=Nc1ccc(F)cc1[C@@H](C)O. The fraction of sp³-hybridized carbons (Fsp3) is 0.333. The molecule has 1 aromatic rings. The zero-order valence-corrected chi connectivity index (χ0v) is 14.7. The van der Waals surface area contributed by atoms with Gasteiger partial charge in [0.15, 0.2) is 0 Å². The van der Waals surface area contributed by atoms with Crippen molar-refractivity contribution in [1.29, 1.82) is 0 Å². The summed E-state index contributed by atoms with van der Waals surface area (Å²) in [5.74, 6) is -0.540. The van der Waals surface area contributed by atoms with E-state index < -0.39 is 24.0 Å². The second-order valence-corrected chi connectivity index (χ2v) is 5.47. The number of aliphatic hydroxyl groups excluding tert-OH is 1. The Labute approximate surface area is 150 Å². The molecule has 0 heterocycles. The Hall–Kier alpha value is -2.61. The van der Waals surface area contributed by atoms with Gasteiger partial charge in [0.2, 0.25) is 0 Å². The van der Waals surface area contributed by atoms with Crippen LogP contribution in [0, 0.1) is 5.82 Å². The van der Waals surface area contributed by atoms with Crippen LogP contribution in [0.2, 0.25) is 0 Å². The Morgan fingerprint density at radius 1 is 1.35 bits per heavy atom. The van der Waals surface area contributed by atoms with E-state index in [2.05, 4.69) is 9.98 Å². The van der Waals surface area contributed by atoms with Crippen LogP contribution < -0.4 is 11.5 Å².